The van der Waals surface area contributed by atoms with E-state index in [0.29, 0.717) is 31.7 Å². The highest BCUT2D eigenvalue weighted by Gasteiger charge is 2.33. The van der Waals surface area contributed by atoms with Crippen molar-refractivity contribution in [3.05, 3.63) is 54.0 Å². The average Bonchev–Trinajstić information content (AvgIpc) is 2.86. The van der Waals surface area contributed by atoms with Crippen LogP contribution in [-0.4, -0.2) is 59.0 Å². The lowest BCUT2D eigenvalue weighted by Crippen LogP contribution is -2.38. The van der Waals surface area contributed by atoms with Crippen LogP contribution in [0.25, 0.3) is 10.9 Å². The predicted molar refractivity (Wildman–Crippen MR) is 137 cm³/mol. The first-order chi connectivity index (χ1) is 18.3. The number of benzene rings is 2. The highest BCUT2D eigenvalue weighted by molar-refractivity contribution is 6.03. The second-order valence-electron chi connectivity index (χ2n) is 10.1. The number of carbonyl (C=O) groups is 2. The molecule has 0 aliphatic carbocycles. The molecule has 1 saturated heterocycles. The van der Waals surface area contributed by atoms with Gasteiger partial charge >= 0.3 is 12.5 Å². The van der Waals surface area contributed by atoms with E-state index in [4.69, 9.17) is 9.47 Å². The minimum absolute atomic E-state index is 0.0217. The average molecular weight is 547 g/mol. The first kappa shape index (κ1) is 27.9. The van der Waals surface area contributed by atoms with Crippen LogP contribution in [0.15, 0.2) is 42.7 Å². The summed E-state index contributed by atoms with van der Waals surface area (Å²) >= 11 is 0. The van der Waals surface area contributed by atoms with E-state index in [-0.39, 0.29) is 17.2 Å². The minimum Gasteiger partial charge on any atom is -0.497 e. The van der Waals surface area contributed by atoms with Gasteiger partial charge < -0.3 is 19.1 Å². The van der Waals surface area contributed by atoms with Gasteiger partial charge in [0.1, 0.15) is 23.4 Å². The summed E-state index contributed by atoms with van der Waals surface area (Å²) in [5, 5.41) is 3.30. The Bertz CT molecular complexity index is 1370. The molecule has 12 heteroatoms. The van der Waals surface area contributed by atoms with Gasteiger partial charge in [0, 0.05) is 36.5 Å². The van der Waals surface area contributed by atoms with Crippen molar-refractivity contribution in [2.75, 3.05) is 25.5 Å². The molecule has 9 nitrogen and oxygen atoms in total. The molecule has 0 bridgehead atoms. The van der Waals surface area contributed by atoms with Gasteiger partial charge in [-0.2, -0.15) is 0 Å². The normalized spacial score (nSPS) is 14.7. The number of likely N-dealkylation sites (tertiary alicyclic amines) is 1. The van der Waals surface area contributed by atoms with Gasteiger partial charge in [0.2, 0.25) is 0 Å². The molecule has 2 aromatic carbocycles. The fourth-order valence-electron chi connectivity index (χ4n) is 4.46. The lowest BCUT2D eigenvalue weighted by molar-refractivity contribution is -0.274. The van der Waals surface area contributed by atoms with Gasteiger partial charge in [-0.3, -0.25) is 10.1 Å². The van der Waals surface area contributed by atoms with Crippen LogP contribution < -0.4 is 14.8 Å². The third kappa shape index (κ3) is 7.06. The Kier molecular flexibility index (Phi) is 7.84. The summed E-state index contributed by atoms with van der Waals surface area (Å²) in [6.07, 6.45) is -3.10. The molecule has 0 radical (unpaired) electrons. The van der Waals surface area contributed by atoms with Crippen LogP contribution in [0.4, 0.5) is 23.7 Å². The summed E-state index contributed by atoms with van der Waals surface area (Å²) in [4.78, 5) is 36.3. The Morgan fingerprint density at radius 2 is 1.69 bits per heavy atom. The number of halogens is 3. The number of aromatic nitrogens is 2. The number of nitrogens with one attached hydrogen (secondary N) is 1. The van der Waals surface area contributed by atoms with Gasteiger partial charge in [-0.1, -0.05) is 0 Å². The summed E-state index contributed by atoms with van der Waals surface area (Å²) in [6, 6.07) is 8.80. The Hall–Kier alpha value is -4.09. The van der Waals surface area contributed by atoms with Crippen molar-refractivity contribution in [1.29, 1.82) is 0 Å². The van der Waals surface area contributed by atoms with Crippen LogP contribution >= 0.6 is 0 Å². The van der Waals surface area contributed by atoms with Gasteiger partial charge in [-0.15, -0.1) is 13.2 Å². The van der Waals surface area contributed by atoms with Crippen LogP contribution in [0.5, 0.6) is 11.5 Å². The molecule has 1 fully saturated rings. The zero-order chi connectivity index (χ0) is 28.4. The molecular formula is C27H29F3N4O5. The number of piperidine rings is 1. The molecular weight excluding hydrogens is 517 g/mol. The first-order valence-electron chi connectivity index (χ1n) is 12.3. The number of ether oxygens (including phenoxy) is 3. The maximum atomic E-state index is 13.4. The quantitative estimate of drug-likeness (QED) is 0.425. The minimum atomic E-state index is -4.94. The number of methoxy groups -OCH3 is 1. The highest BCUT2D eigenvalue weighted by Crippen LogP contribution is 2.34. The van der Waals surface area contributed by atoms with Crippen molar-refractivity contribution in [2.45, 2.75) is 51.5 Å². The van der Waals surface area contributed by atoms with E-state index in [1.807, 2.05) is 18.2 Å². The van der Waals surface area contributed by atoms with E-state index in [1.54, 1.807) is 32.8 Å². The number of amides is 2. The molecule has 2 heterocycles. The van der Waals surface area contributed by atoms with Gasteiger partial charge in [0.15, 0.2) is 0 Å². The molecule has 2 amide bonds. The van der Waals surface area contributed by atoms with Crippen LogP contribution in [-0.2, 0) is 4.74 Å². The number of carbonyl (C=O) groups excluding carboxylic acids is 2. The number of hydrogen-bond donors (Lipinski definition) is 1. The number of rotatable bonds is 5. The number of nitrogens with zero attached hydrogens (tertiary/aromatic N) is 3. The Morgan fingerprint density at radius 1 is 1.00 bits per heavy atom. The molecule has 0 saturated carbocycles. The summed E-state index contributed by atoms with van der Waals surface area (Å²) < 4.78 is 52.9. The lowest BCUT2D eigenvalue weighted by atomic mass is 9.90. The lowest BCUT2D eigenvalue weighted by Gasteiger charge is -2.32. The van der Waals surface area contributed by atoms with Crippen molar-refractivity contribution in [2.24, 2.45) is 0 Å². The fraction of sp³-hybridized carbons (Fsp3) is 0.407. The number of fused-ring (bicyclic) bond motifs is 1. The first-order valence-corrected chi connectivity index (χ1v) is 12.3. The molecule has 208 valence electrons. The smallest absolute Gasteiger partial charge is 0.497 e. The van der Waals surface area contributed by atoms with E-state index in [2.05, 4.69) is 20.0 Å². The van der Waals surface area contributed by atoms with Gasteiger partial charge in [0.25, 0.3) is 5.91 Å². The van der Waals surface area contributed by atoms with E-state index in [1.165, 1.54) is 12.4 Å². The molecule has 1 aliphatic heterocycles. The van der Waals surface area contributed by atoms with Crippen LogP contribution in [0.3, 0.4) is 0 Å². The number of alkyl halides is 3. The Balaban J connectivity index is 1.53. The number of hydrogen-bond acceptors (Lipinski definition) is 7. The fourth-order valence-corrected chi connectivity index (χ4v) is 4.46. The second-order valence-corrected chi connectivity index (χ2v) is 10.1. The SMILES string of the molecule is COc1ccc2c(C3CCN(C(=O)c4ccc(OC(F)(F)F)cc4NC(=O)OC(C)(C)C)CC3)ncnc2c1. The molecule has 1 N–H and O–H groups in total. The van der Waals surface area contributed by atoms with Crippen molar-refractivity contribution >= 4 is 28.6 Å². The Morgan fingerprint density at radius 3 is 2.33 bits per heavy atom. The second kappa shape index (κ2) is 11.0. The van der Waals surface area contributed by atoms with Crippen molar-refractivity contribution in [1.82, 2.24) is 14.9 Å². The maximum Gasteiger partial charge on any atom is 0.573 e. The van der Waals surface area contributed by atoms with E-state index in [9.17, 15) is 22.8 Å². The van der Waals surface area contributed by atoms with E-state index >= 15 is 0 Å². The molecule has 0 spiro atoms. The Labute approximate surface area is 223 Å². The van der Waals surface area contributed by atoms with E-state index < -0.39 is 29.7 Å². The zero-order valence-electron chi connectivity index (χ0n) is 22.0. The molecule has 0 unspecified atom stereocenters. The van der Waals surface area contributed by atoms with Crippen LogP contribution in [0, 0.1) is 0 Å². The van der Waals surface area contributed by atoms with Crippen LogP contribution in [0.2, 0.25) is 0 Å². The van der Waals surface area contributed by atoms with Crippen molar-refractivity contribution in [3.63, 3.8) is 0 Å². The predicted octanol–water partition coefficient (Wildman–Crippen LogP) is 5.90. The largest absolute Gasteiger partial charge is 0.573 e. The standard InChI is InChI=1S/C27H29F3N4O5/c1-26(2,3)39-25(36)33-22-14-18(38-27(28,29)30)6-8-20(22)24(35)34-11-9-16(10-12-34)23-19-7-5-17(37-4)13-21(19)31-15-32-23/h5-8,13-16H,9-12H2,1-4H3,(H,33,36). The maximum absolute atomic E-state index is 13.4. The van der Waals surface area contributed by atoms with E-state index in [0.717, 1.165) is 28.7 Å². The van der Waals surface area contributed by atoms with Crippen molar-refractivity contribution in [3.8, 4) is 11.5 Å². The summed E-state index contributed by atoms with van der Waals surface area (Å²) in [7, 11) is 1.58. The third-order valence-corrected chi connectivity index (χ3v) is 6.13. The molecule has 3 aromatic rings. The molecule has 4 rings (SSSR count). The van der Waals surface area contributed by atoms with Gasteiger partial charge in [-0.05, 0) is 57.9 Å². The molecule has 1 aromatic heterocycles. The third-order valence-electron chi connectivity index (χ3n) is 6.13. The monoisotopic (exact) mass is 546 g/mol. The van der Waals surface area contributed by atoms with Crippen LogP contribution in [0.1, 0.15) is 55.6 Å². The van der Waals surface area contributed by atoms with Gasteiger partial charge in [0.05, 0.1) is 29.6 Å². The topological polar surface area (TPSA) is 103 Å². The molecule has 0 atom stereocenters. The number of anilines is 1. The van der Waals surface area contributed by atoms with Gasteiger partial charge in [-0.25, -0.2) is 14.8 Å². The zero-order valence-corrected chi connectivity index (χ0v) is 22.0. The van der Waals surface area contributed by atoms with Crippen molar-refractivity contribution < 1.29 is 37.0 Å². The molecule has 39 heavy (non-hydrogen) atoms. The highest BCUT2D eigenvalue weighted by atomic mass is 19.4. The molecule has 1 aliphatic rings. The summed E-state index contributed by atoms with van der Waals surface area (Å²) in [6.45, 7) is 5.70. The summed E-state index contributed by atoms with van der Waals surface area (Å²) in [5.74, 6) is -0.240. The summed E-state index contributed by atoms with van der Waals surface area (Å²) in [5.41, 5.74) is 0.668.